The van der Waals surface area contributed by atoms with Crippen molar-refractivity contribution in [3.63, 3.8) is 0 Å². The van der Waals surface area contributed by atoms with E-state index in [4.69, 9.17) is 5.11 Å². The third kappa shape index (κ3) is 2.81. The van der Waals surface area contributed by atoms with E-state index in [2.05, 4.69) is 0 Å². The molecule has 0 bridgehead atoms. The number of carbonyl (C=O) groups is 1. The number of rotatable bonds is 2. The second-order valence-electron chi connectivity index (χ2n) is 4.69. The third-order valence-electron chi connectivity index (χ3n) is 3.25. The van der Waals surface area contributed by atoms with Crippen molar-refractivity contribution in [2.75, 3.05) is 19.3 Å². The van der Waals surface area contributed by atoms with Crippen LogP contribution in [0.15, 0.2) is 18.2 Å². The van der Waals surface area contributed by atoms with Crippen LogP contribution in [0.4, 0.5) is 0 Å². The van der Waals surface area contributed by atoms with Gasteiger partial charge in [0.2, 0.25) is 0 Å². The number of phenolic OH excluding ortho intramolecular Hbond substituents is 2. The minimum atomic E-state index is -3.16. The van der Waals surface area contributed by atoms with Crippen LogP contribution >= 0.6 is 0 Å². The fourth-order valence-electron chi connectivity index (χ4n) is 2.13. The summed E-state index contributed by atoms with van der Waals surface area (Å²) >= 11 is 0. The molecule has 0 radical (unpaired) electrons. The molecular weight excluding hydrogens is 270 g/mol. The molecule has 1 fully saturated rings. The van der Waals surface area contributed by atoms with Crippen LogP contribution in [0.3, 0.4) is 0 Å². The Balaban J connectivity index is 2.18. The molecule has 19 heavy (non-hydrogen) atoms. The van der Waals surface area contributed by atoms with Crippen LogP contribution in [0.1, 0.15) is 16.8 Å². The van der Waals surface area contributed by atoms with Crippen LogP contribution in [-0.2, 0) is 9.84 Å². The summed E-state index contributed by atoms with van der Waals surface area (Å²) in [6.07, 6.45) is 1.56. The standard InChI is InChI=1S/C12H15NO5S/c1-19(17,18)9-4-5-13(7-9)12(16)10-3-2-8(14)6-11(10)15/h2-3,6,9,14-15H,4-5,7H2,1H3. The monoisotopic (exact) mass is 285 g/mol. The Morgan fingerprint density at radius 3 is 2.58 bits per heavy atom. The van der Waals surface area contributed by atoms with E-state index in [9.17, 15) is 18.3 Å². The molecule has 1 heterocycles. The van der Waals surface area contributed by atoms with Crippen molar-refractivity contribution in [3.8, 4) is 11.5 Å². The molecule has 0 aliphatic carbocycles. The van der Waals surface area contributed by atoms with Crippen LogP contribution in [-0.4, -0.2) is 54.0 Å². The highest BCUT2D eigenvalue weighted by Gasteiger charge is 2.33. The highest BCUT2D eigenvalue weighted by molar-refractivity contribution is 7.91. The minimum absolute atomic E-state index is 0.0620. The van der Waals surface area contributed by atoms with Gasteiger partial charge in [-0.3, -0.25) is 4.79 Å². The molecule has 1 saturated heterocycles. The minimum Gasteiger partial charge on any atom is -0.508 e. The maximum absolute atomic E-state index is 12.1. The van der Waals surface area contributed by atoms with Crippen LogP contribution < -0.4 is 0 Å². The van der Waals surface area contributed by atoms with Gasteiger partial charge in [0.05, 0.1) is 10.8 Å². The first-order chi connectivity index (χ1) is 8.79. The highest BCUT2D eigenvalue weighted by atomic mass is 32.2. The van der Waals surface area contributed by atoms with Crippen molar-refractivity contribution < 1.29 is 23.4 Å². The Labute approximate surface area is 111 Å². The van der Waals surface area contributed by atoms with E-state index in [1.165, 1.54) is 17.0 Å². The fraction of sp³-hybridized carbons (Fsp3) is 0.417. The fourth-order valence-corrected chi connectivity index (χ4v) is 3.12. The van der Waals surface area contributed by atoms with Gasteiger partial charge in [-0.15, -0.1) is 0 Å². The number of hydrogen-bond acceptors (Lipinski definition) is 5. The van der Waals surface area contributed by atoms with E-state index >= 15 is 0 Å². The van der Waals surface area contributed by atoms with Gasteiger partial charge in [0, 0.05) is 25.4 Å². The van der Waals surface area contributed by atoms with Gasteiger partial charge in [-0.2, -0.15) is 0 Å². The van der Waals surface area contributed by atoms with E-state index in [1.54, 1.807) is 0 Å². The SMILES string of the molecule is CS(=O)(=O)C1CCN(C(=O)c2ccc(O)cc2O)C1. The number of hydrogen-bond donors (Lipinski definition) is 2. The summed E-state index contributed by atoms with van der Waals surface area (Å²) in [7, 11) is -3.16. The lowest BCUT2D eigenvalue weighted by Crippen LogP contribution is -2.31. The zero-order valence-corrected chi connectivity index (χ0v) is 11.2. The molecular formula is C12H15NO5S. The molecule has 0 aromatic heterocycles. The lowest BCUT2D eigenvalue weighted by Gasteiger charge is -2.16. The number of carbonyl (C=O) groups excluding carboxylic acids is 1. The Morgan fingerprint density at radius 1 is 1.37 bits per heavy atom. The van der Waals surface area contributed by atoms with E-state index in [0.717, 1.165) is 12.3 Å². The topological polar surface area (TPSA) is 94.9 Å². The predicted octanol–water partition coefficient (Wildman–Crippen LogP) is 0.357. The molecule has 1 aromatic rings. The smallest absolute Gasteiger partial charge is 0.257 e. The maximum atomic E-state index is 12.1. The first-order valence-corrected chi connectivity index (χ1v) is 7.74. The molecule has 1 aliphatic heterocycles. The van der Waals surface area contributed by atoms with E-state index in [1.807, 2.05) is 0 Å². The van der Waals surface area contributed by atoms with Gasteiger partial charge < -0.3 is 15.1 Å². The molecule has 1 amide bonds. The summed E-state index contributed by atoms with van der Waals surface area (Å²) in [5.41, 5.74) is 0.0620. The quantitative estimate of drug-likeness (QED) is 0.818. The number of likely N-dealkylation sites (tertiary alicyclic amines) is 1. The summed E-state index contributed by atoms with van der Waals surface area (Å²) in [5.74, 6) is -0.874. The lowest BCUT2D eigenvalue weighted by molar-refractivity contribution is 0.0790. The molecule has 1 aromatic carbocycles. The first-order valence-electron chi connectivity index (χ1n) is 5.79. The first kappa shape index (κ1) is 13.7. The van der Waals surface area contributed by atoms with Gasteiger partial charge in [-0.25, -0.2) is 8.42 Å². The molecule has 1 unspecified atom stereocenters. The second kappa shape index (κ2) is 4.73. The van der Waals surface area contributed by atoms with Crippen molar-refractivity contribution in [2.45, 2.75) is 11.7 Å². The lowest BCUT2D eigenvalue weighted by atomic mass is 10.1. The highest BCUT2D eigenvalue weighted by Crippen LogP contribution is 2.26. The Hall–Kier alpha value is -1.76. The third-order valence-corrected chi connectivity index (χ3v) is 4.85. The van der Waals surface area contributed by atoms with Crippen molar-refractivity contribution in [2.24, 2.45) is 0 Å². The van der Waals surface area contributed by atoms with Gasteiger partial charge in [0.15, 0.2) is 9.84 Å². The van der Waals surface area contributed by atoms with Crippen molar-refractivity contribution >= 4 is 15.7 Å². The summed E-state index contributed by atoms with van der Waals surface area (Å²) in [5, 5.41) is 18.2. The summed E-state index contributed by atoms with van der Waals surface area (Å²) < 4.78 is 22.9. The molecule has 104 valence electrons. The molecule has 0 spiro atoms. The number of benzene rings is 1. The van der Waals surface area contributed by atoms with Gasteiger partial charge in [0.25, 0.3) is 5.91 Å². The Kier molecular flexibility index (Phi) is 3.40. The Bertz CT molecular complexity index is 611. The maximum Gasteiger partial charge on any atom is 0.257 e. The van der Waals surface area contributed by atoms with Crippen LogP contribution in [0.25, 0.3) is 0 Å². The van der Waals surface area contributed by atoms with Crippen molar-refractivity contribution in [1.29, 1.82) is 0 Å². The van der Waals surface area contributed by atoms with Gasteiger partial charge in [0.1, 0.15) is 11.5 Å². The Morgan fingerprint density at radius 2 is 2.05 bits per heavy atom. The average molecular weight is 285 g/mol. The summed E-state index contributed by atoms with van der Waals surface area (Å²) in [6, 6.07) is 3.70. The largest absolute Gasteiger partial charge is 0.508 e. The molecule has 1 aliphatic rings. The van der Waals surface area contributed by atoms with Gasteiger partial charge >= 0.3 is 0 Å². The normalized spacial score (nSPS) is 19.6. The number of sulfone groups is 1. The second-order valence-corrected chi connectivity index (χ2v) is 7.02. The van der Waals surface area contributed by atoms with E-state index in [-0.39, 0.29) is 23.6 Å². The van der Waals surface area contributed by atoms with Crippen LogP contribution in [0.2, 0.25) is 0 Å². The number of nitrogens with zero attached hydrogens (tertiary/aromatic N) is 1. The average Bonchev–Trinajstić information content (AvgIpc) is 2.76. The molecule has 6 nitrogen and oxygen atoms in total. The zero-order chi connectivity index (χ0) is 14.2. The van der Waals surface area contributed by atoms with Gasteiger partial charge in [-0.05, 0) is 18.6 Å². The van der Waals surface area contributed by atoms with Gasteiger partial charge in [-0.1, -0.05) is 0 Å². The molecule has 0 saturated carbocycles. The predicted molar refractivity (Wildman–Crippen MR) is 68.9 cm³/mol. The summed E-state index contributed by atoms with van der Waals surface area (Å²) in [4.78, 5) is 13.5. The molecule has 2 rings (SSSR count). The molecule has 1 atom stereocenters. The number of phenols is 2. The summed E-state index contributed by atoms with van der Waals surface area (Å²) in [6.45, 7) is 0.481. The molecule has 7 heteroatoms. The number of amides is 1. The van der Waals surface area contributed by atoms with Crippen LogP contribution in [0, 0.1) is 0 Å². The van der Waals surface area contributed by atoms with E-state index in [0.29, 0.717) is 13.0 Å². The number of aromatic hydroxyl groups is 2. The van der Waals surface area contributed by atoms with Crippen LogP contribution in [0.5, 0.6) is 11.5 Å². The zero-order valence-electron chi connectivity index (χ0n) is 10.4. The molecule has 2 N–H and O–H groups in total. The van der Waals surface area contributed by atoms with E-state index < -0.39 is 21.0 Å². The van der Waals surface area contributed by atoms with Crippen molar-refractivity contribution in [1.82, 2.24) is 4.90 Å². The van der Waals surface area contributed by atoms with Crippen molar-refractivity contribution in [3.05, 3.63) is 23.8 Å².